The number of benzene rings is 2. The molecule has 0 bridgehead atoms. The molecule has 0 spiro atoms. The van der Waals surface area contributed by atoms with Gasteiger partial charge in [0.2, 0.25) is 0 Å². The molecule has 2 aromatic heterocycles. The number of aromatic nitrogens is 5. The normalized spacial score (nSPS) is 11.5. The van der Waals surface area contributed by atoms with Crippen molar-refractivity contribution in [1.82, 2.24) is 25.2 Å². The van der Waals surface area contributed by atoms with Crippen molar-refractivity contribution in [3.8, 4) is 11.4 Å². The van der Waals surface area contributed by atoms with Gasteiger partial charge in [-0.2, -0.15) is 0 Å². The zero-order valence-corrected chi connectivity index (χ0v) is 17.4. The largest absolute Gasteiger partial charge is 0.339 e. The Morgan fingerprint density at radius 1 is 1.21 bits per heavy atom. The van der Waals surface area contributed by atoms with E-state index in [1.54, 1.807) is 0 Å². The Morgan fingerprint density at radius 3 is 2.66 bits per heavy atom. The molecule has 0 aliphatic carbocycles. The van der Waals surface area contributed by atoms with Crippen LogP contribution in [0.2, 0.25) is 5.02 Å². The van der Waals surface area contributed by atoms with Gasteiger partial charge in [0.1, 0.15) is 0 Å². The first-order chi connectivity index (χ1) is 14.0. The Hall–Kier alpha value is -2.99. The fourth-order valence-corrected chi connectivity index (χ4v) is 3.94. The lowest BCUT2D eigenvalue weighted by Crippen LogP contribution is -2.12. The third-order valence-corrected chi connectivity index (χ3v) is 5.55. The highest BCUT2D eigenvalue weighted by Gasteiger charge is 2.24. The van der Waals surface area contributed by atoms with Gasteiger partial charge in [0, 0.05) is 39.7 Å². The van der Waals surface area contributed by atoms with Crippen LogP contribution in [-0.4, -0.2) is 31.0 Å². The number of ketones is 1. The van der Waals surface area contributed by atoms with Crippen LogP contribution in [0.1, 0.15) is 42.4 Å². The van der Waals surface area contributed by atoms with Crippen molar-refractivity contribution in [2.45, 2.75) is 33.7 Å². The standard InChI is InChI=1S/C22H22ClN5O/c1-4-18-20(21(29)13(2)3)16-10-9-14(22-24-26-27-25-22)11-19(16)28(18)12-15-7-5-6-8-17(15)23/h5-11,13H,4,12H2,1-3H3,(H,24,25,26,27). The highest BCUT2D eigenvalue weighted by Crippen LogP contribution is 2.33. The predicted octanol–water partition coefficient (Wildman–Crippen LogP) is 4.92. The molecule has 0 aliphatic heterocycles. The quantitative estimate of drug-likeness (QED) is 0.460. The van der Waals surface area contributed by atoms with E-state index >= 15 is 0 Å². The van der Waals surface area contributed by atoms with Crippen molar-refractivity contribution in [2.75, 3.05) is 0 Å². The molecular weight excluding hydrogens is 386 g/mol. The topological polar surface area (TPSA) is 76.5 Å². The van der Waals surface area contributed by atoms with Gasteiger partial charge in [-0.1, -0.05) is 62.7 Å². The molecule has 148 valence electrons. The van der Waals surface area contributed by atoms with Gasteiger partial charge in [-0.05, 0) is 34.5 Å². The van der Waals surface area contributed by atoms with Crippen LogP contribution >= 0.6 is 11.6 Å². The highest BCUT2D eigenvalue weighted by atomic mass is 35.5. The Bertz CT molecular complexity index is 1180. The van der Waals surface area contributed by atoms with Gasteiger partial charge in [-0.25, -0.2) is 5.10 Å². The average Bonchev–Trinajstić information content (AvgIpc) is 3.35. The molecule has 7 heteroatoms. The van der Waals surface area contributed by atoms with E-state index in [9.17, 15) is 4.79 Å². The summed E-state index contributed by atoms with van der Waals surface area (Å²) in [6, 6.07) is 13.8. The average molecular weight is 408 g/mol. The van der Waals surface area contributed by atoms with Gasteiger partial charge >= 0.3 is 0 Å². The maximum Gasteiger partial charge on any atom is 0.179 e. The number of hydrogen-bond acceptors (Lipinski definition) is 4. The molecule has 29 heavy (non-hydrogen) atoms. The predicted molar refractivity (Wildman–Crippen MR) is 114 cm³/mol. The van der Waals surface area contributed by atoms with Crippen LogP contribution in [0.3, 0.4) is 0 Å². The van der Waals surface area contributed by atoms with Gasteiger partial charge in [0.15, 0.2) is 11.6 Å². The summed E-state index contributed by atoms with van der Waals surface area (Å²) in [6.45, 7) is 6.54. The molecule has 6 nitrogen and oxygen atoms in total. The minimum absolute atomic E-state index is 0.0854. The lowest BCUT2D eigenvalue weighted by Gasteiger charge is -2.13. The van der Waals surface area contributed by atoms with Crippen LogP contribution in [0.25, 0.3) is 22.3 Å². The number of fused-ring (bicyclic) bond motifs is 1. The van der Waals surface area contributed by atoms with E-state index in [0.717, 1.165) is 39.7 Å². The number of nitrogens with one attached hydrogen (secondary N) is 1. The van der Waals surface area contributed by atoms with Gasteiger partial charge in [0.25, 0.3) is 0 Å². The lowest BCUT2D eigenvalue weighted by molar-refractivity contribution is 0.0940. The molecule has 0 atom stereocenters. The number of aromatic amines is 1. The van der Waals surface area contributed by atoms with Gasteiger partial charge in [-0.15, -0.1) is 5.10 Å². The van der Waals surface area contributed by atoms with Crippen LogP contribution in [0.15, 0.2) is 42.5 Å². The van der Waals surface area contributed by atoms with Crippen molar-refractivity contribution < 1.29 is 4.79 Å². The van der Waals surface area contributed by atoms with E-state index in [1.807, 2.05) is 56.3 Å². The molecule has 4 aromatic rings. The number of hydrogen-bond donors (Lipinski definition) is 1. The second-order valence-electron chi connectivity index (χ2n) is 7.35. The fourth-order valence-electron chi connectivity index (χ4n) is 3.74. The molecule has 0 saturated carbocycles. The van der Waals surface area contributed by atoms with Crippen LogP contribution in [0, 0.1) is 5.92 Å². The van der Waals surface area contributed by atoms with E-state index in [0.29, 0.717) is 17.4 Å². The molecule has 0 unspecified atom stereocenters. The number of carbonyl (C=O) groups is 1. The first kappa shape index (κ1) is 19.3. The van der Waals surface area contributed by atoms with Crippen molar-refractivity contribution in [2.24, 2.45) is 5.92 Å². The first-order valence-corrected chi connectivity index (χ1v) is 10.1. The summed E-state index contributed by atoms with van der Waals surface area (Å²) in [5.41, 5.74) is 4.67. The highest BCUT2D eigenvalue weighted by molar-refractivity contribution is 6.31. The molecule has 0 fully saturated rings. The molecule has 2 aromatic carbocycles. The summed E-state index contributed by atoms with van der Waals surface area (Å²) in [7, 11) is 0. The van der Waals surface area contributed by atoms with E-state index in [4.69, 9.17) is 11.6 Å². The monoisotopic (exact) mass is 407 g/mol. The minimum Gasteiger partial charge on any atom is -0.339 e. The van der Waals surface area contributed by atoms with E-state index < -0.39 is 0 Å². The Balaban J connectivity index is 1.98. The van der Waals surface area contributed by atoms with Crippen molar-refractivity contribution in [3.05, 3.63) is 64.3 Å². The molecule has 0 amide bonds. The molecule has 0 aliphatic rings. The molecule has 1 N–H and O–H groups in total. The smallest absolute Gasteiger partial charge is 0.179 e. The zero-order valence-electron chi connectivity index (χ0n) is 16.6. The fraction of sp³-hybridized carbons (Fsp3) is 0.273. The van der Waals surface area contributed by atoms with Crippen LogP contribution < -0.4 is 0 Å². The van der Waals surface area contributed by atoms with Gasteiger partial charge in [0.05, 0.1) is 5.52 Å². The molecule has 0 radical (unpaired) electrons. The Morgan fingerprint density at radius 2 is 2.00 bits per heavy atom. The van der Waals surface area contributed by atoms with Crippen LogP contribution in [0.4, 0.5) is 0 Å². The number of halogens is 1. The zero-order chi connectivity index (χ0) is 20.5. The third kappa shape index (κ3) is 3.44. The lowest BCUT2D eigenvalue weighted by atomic mass is 9.97. The molecule has 0 saturated heterocycles. The molecule has 2 heterocycles. The number of tetrazole rings is 1. The number of rotatable bonds is 6. The maximum absolute atomic E-state index is 13.1. The Kier molecular flexibility index (Phi) is 5.20. The number of carbonyl (C=O) groups excluding carboxylic acids is 1. The first-order valence-electron chi connectivity index (χ1n) is 9.68. The van der Waals surface area contributed by atoms with Crippen molar-refractivity contribution in [1.29, 1.82) is 0 Å². The van der Waals surface area contributed by atoms with Crippen molar-refractivity contribution in [3.63, 3.8) is 0 Å². The van der Waals surface area contributed by atoms with Crippen molar-refractivity contribution >= 4 is 28.3 Å². The summed E-state index contributed by atoms with van der Waals surface area (Å²) < 4.78 is 2.19. The number of H-pyrrole nitrogens is 1. The van der Waals surface area contributed by atoms with Gasteiger partial charge in [-0.3, -0.25) is 4.79 Å². The van der Waals surface area contributed by atoms with E-state index in [-0.39, 0.29) is 11.7 Å². The summed E-state index contributed by atoms with van der Waals surface area (Å²) in [5.74, 6) is 0.656. The molecule has 4 rings (SSSR count). The van der Waals surface area contributed by atoms with Gasteiger partial charge < -0.3 is 4.57 Å². The minimum atomic E-state index is -0.0854. The summed E-state index contributed by atoms with van der Waals surface area (Å²) in [6.07, 6.45) is 0.742. The van der Waals surface area contributed by atoms with E-state index in [1.165, 1.54) is 0 Å². The Labute approximate surface area is 173 Å². The number of Topliss-reactive ketones (excluding diaryl/α,β-unsaturated/α-hetero) is 1. The maximum atomic E-state index is 13.1. The molecular formula is C22H22ClN5O. The number of nitrogens with zero attached hydrogens (tertiary/aromatic N) is 4. The third-order valence-electron chi connectivity index (χ3n) is 5.18. The summed E-state index contributed by atoms with van der Waals surface area (Å²) in [4.78, 5) is 13.1. The van der Waals surface area contributed by atoms with Crippen LogP contribution in [-0.2, 0) is 13.0 Å². The summed E-state index contributed by atoms with van der Waals surface area (Å²) >= 11 is 6.44. The SMILES string of the molecule is CCc1c(C(=O)C(C)C)c2ccc(-c3nnn[nH]3)cc2n1Cc1ccccc1Cl. The van der Waals surface area contributed by atoms with E-state index in [2.05, 4.69) is 32.1 Å². The second kappa shape index (κ2) is 7.79. The summed E-state index contributed by atoms with van der Waals surface area (Å²) in [5, 5.41) is 15.8. The second-order valence-corrected chi connectivity index (χ2v) is 7.76. The van der Waals surface area contributed by atoms with Crippen LogP contribution in [0.5, 0.6) is 0 Å².